The quantitative estimate of drug-likeness (QED) is 0.162. The fraction of sp³-hybridized carbons (Fsp3) is 0.240. The van der Waals surface area contributed by atoms with E-state index in [2.05, 4.69) is 4.99 Å². The minimum absolute atomic E-state index is 0.107. The Bertz CT molecular complexity index is 1350. The number of halogens is 1. The smallest absolute Gasteiger partial charge is 0.280 e. The lowest BCUT2D eigenvalue weighted by atomic mass is 10.0. The Hall–Kier alpha value is -4.38. The number of hydrogen-bond acceptors (Lipinski definition) is 6. The van der Waals surface area contributed by atoms with Gasteiger partial charge < -0.3 is 11.5 Å². The SMILES string of the molecule is CC(C)=Cc1cc(C)c(C(=O)Cl)cc1[N+](=O)[O-].CC(C)=Cc1cc(C)c(C(=O)N=C(N)N)cc1[N+](=O)[O-]. The van der Waals surface area contributed by atoms with E-state index in [4.69, 9.17) is 23.1 Å². The van der Waals surface area contributed by atoms with Crippen molar-refractivity contribution >= 4 is 52.2 Å². The van der Waals surface area contributed by atoms with Crippen LogP contribution in [0.25, 0.3) is 12.2 Å². The van der Waals surface area contributed by atoms with Crippen LogP contribution in [0, 0.1) is 34.1 Å². The first-order chi connectivity index (χ1) is 17.0. The summed E-state index contributed by atoms with van der Waals surface area (Å²) in [7, 11) is 0. The van der Waals surface area contributed by atoms with Gasteiger partial charge in [-0.05, 0) is 88.6 Å². The van der Waals surface area contributed by atoms with Crippen LogP contribution in [-0.4, -0.2) is 27.0 Å². The molecule has 0 aliphatic rings. The first-order valence-electron chi connectivity index (χ1n) is 10.8. The van der Waals surface area contributed by atoms with Gasteiger partial charge in [0.25, 0.3) is 22.5 Å². The van der Waals surface area contributed by atoms with Gasteiger partial charge in [0.1, 0.15) is 0 Å². The molecule has 0 aliphatic heterocycles. The highest BCUT2D eigenvalue weighted by molar-refractivity contribution is 6.68. The molecule has 0 spiro atoms. The average Bonchev–Trinajstić information content (AvgIpc) is 2.72. The molecule has 196 valence electrons. The largest absolute Gasteiger partial charge is 0.370 e. The highest BCUT2D eigenvalue weighted by Crippen LogP contribution is 2.27. The molecule has 0 bridgehead atoms. The zero-order chi connectivity index (χ0) is 28.6. The number of aryl methyl sites for hydroxylation is 2. The van der Waals surface area contributed by atoms with Crippen molar-refractivity contribution in [2.24, 2.45) is 16.5 Å². The summed E-state index contributed by atoms with van der Waals surface area (Å²) >= 11 is 5.37. The van der Waals surface area contributed by atoms with Crippen LogP contribution in [0.15, 0.2) is 40.4 Å². The number of nitrogens with zero attached hydrogens (tertiary/aromatic N) is 3. The molecule has 12 heteroatoms. The maximum absolute atomic E-state index is 11.8. The maximum atomic E-state index is 11.8. The Morgan fingerprint density at radius 3 is 1.51 bits per heavy atom. The Kier molecular flexibility index (Phi) is 10.8. The maximum Gasteiger partial charge on any atom is 0.280 e. The van der Waals surface area contributed by atoms with Gasteiger partial charge >= 0.3 is 0 Å². The molecule has 0 atom stereocenters. The van der Waals surface area contributed by atoms with E-state index in [9.17, 15) is 29.8 Å². The number of rotatable bonds is 6. The van der Waals surface area contributed by atoms with Gasteiger partial charge in [-0.25, -0.2) is 0 Å². The third-order valence-electron chi connectivity index (χ3n) is 4.70. The predicted molar refractivity (Wildman–Crippen MR) is 145 cm³/mol. The summed E-state index contributed by atoms with van der Waals surface area (Å²) in [5.74, 6) is -1.08. The summed E-state index contributed by atoms with van der Waals surface area (Å²) in [6, 6.07) is 5.58. The Balaban J connectivity index is 0.000000375. The second kappa shape index (κ2) is 13.1. The van der Waals surface area contributed by atoms with E-state index >= 15 is 0 Å². The Morgan fingerprint density at radius 2 is 1.19 bits per heavy atom. The number of allylic oxidation sites excluding steroid dienone is 2. The highest BCUT2D eigenvalue weighted by Gasteiger charge is 2.19. The summed E-state index contributed by atoms with van der Waals surface area (Å²) in [5.41, 5.74) is 14.3. The van der Waals surface area contributed by atoms with Gasteiger partial charge in [0.05, 0.1) is 26.5 Å². The third kappa shape index (κ3) is 8.97. The van der Waals surface area contributed by atoms with E-state index in [-0.39, 0.29) is 28.5 Å². The monoisotopic (exact) mass is 529 g/mol. The van der Waals surface area contributed by atoms with Crippen LogP contribution < -0.4 is 11.5 Å². The number of amides is 1. The molecule has 37 heavy (non-hydrogen) atoms. The van der Waals surface area contributed by atoms with Crippen molar-refractivity contribution in [1.82, 2.24) is 0 Å². The average molecular weight is 530 g/mol. The number of hydrogen-bond donors (Lipinski definition) is 2. The summed E-state index contributed by atoms with van der Waals surface area (Å²) in [4.78, 5) is 47.2. The molecule has 0 heterocycles. The second-order valence-corrected chi connectivity index (χ2v) is 8.87. The fourth-order valence-electron chi connectivity index (χ4n) is 3.23. The van der Waals surface area contributed by atoms with Crippen molar-refractivity contribution in [1.29, 1.82) is 0 Å². The minimum Gasteiger partial charge on any atom is -0.370 e. The topological polar surface area (TPSA) is 185 Å². The van der Waals surface area contributed by atoms with E-state index in [0.29, 0.717) is 22.3 Å². The normalized spacial score (nSPS) is 9.81. The standard InChI is InChI=1S/C13H16N4O3.C12H12ClNO3/c1-7(2)4-9-5-8(3)10(6-11(9)17(19)20)12(18)16-13(14)15;1-7(2)4-9-5-8(3)10(12(13)15)6-11(9)14(16)17/h4-6H,1-3H3,(H4,14,15,16,18);4-6H,1-3H3. The number of benzene rings is 2. The third-order valence-corrected chi connectivity index (χ3v) is 4.91. The van der Waals surface area contributed by atoms with Crippen LogP contribution in [0.2, 0.25) is 0 Å². The van der Waals surface area contributed by atoms with Crippen LogP contribution in [0.4, 0.5) is 11.4 Å². The van der Waals surface area contributed by atoms with Gasteiger partial charge in [-0.3, -0.25) is 29.8 Å². The number of nitro benzene ring substituents is 2. The van der Waals surface area contributed by atoms with Crippen molar-refractivity contribution < 1.29 is 19.4 Å². The van der Waals surface area contributed by atoms with E-state index in [1.54, 1.807) is 38.1 Å². The zero-order valence-electron chi connectivity index (χ0n) is 21.3. The van der Waals surface area contributed by atoms with Crippen LogP contribution in [0.5, 0.6) is 0 Å². The summed E-state index contributed by atoms with van der Waals surface area (Å²) < 4.78 is 0. The number of aliphatic imine (C=N–C) groups is 1. The number of nitro groups is 2. The van der Waals surface area contributed by atoms with Gasteiger partial charge in [-0.2, -0.15) is 4.99 Å². The molecule has 0 saturated carbocycles. The lowest BCUT2D eigenvalue weighted by Gasteiger charge is -2.05. The molecule has 0 saturated heterocycles. The number of nitrogens with two attached hydrogens (primary N) is 2. The fourth-order valence-corrected chi connectivity index (χ4v) is 3.43. The van der Waals surface area contributed by atoms with Gasteiger partial charge in [0.2, 0.25) is 0 Å². The van der Waals surface area contributed by atoms with Gasteiger partial charge in [-0.1, -0.05) is 11.1 Å². The van der Waals surface area contributed by atoms with Crippen molar-refractivity contribution in [2.45, 2.75) is 41.5 Å². The number of carbonyl (C=O) groups excluding carboxylic acids is 2. The number of guanidine groups is 1. The molecule has 0 aliphatic carbocycles. The molecule has 2 rings (SSSR count). The molecule has 1 amide bonds. The molecule has 0 unspecified atom stereocenters. The van der Waals surface area contributed by atoms with E-state index in [1.807, 2.05) is 27.7 Å². The summed E-state index contributed by atoms with van der Waals surface area (Å²) in [5, 5.41) is 21.3. The minimum atomic E-state index is -0.700. The Labute approximate surface area is 218 Å². The van der Waals surface area contributed by atoms with Gasteiger partial charge in [0.15, 0.2) is 5.96 Å². The lowest BCUT2D eigenvalue weighted by molar-refractivity contribution is -0.385. The summed E-state index contributed by atoms with van der Waals surface area (Å²) in [6.07, 6.45) is 3.38. The van der Waals surface area contributed by atoms with Crippen LogP contribution in [-0.2, 0) is 0 Å². The van der Waals surface area contributed by atoms with Crippen molar-refractivity contribution in [3.63, 3.8) is 0 Å². The molecule has 0 aromatic heterocycles. The molecule has 2 aromatic carbocycles. The van der Waals surface area contributed by atoms with E-state index in [0.717, 1.165) is 11.1 Å². The van der Waals surface area contributed by atoms with Gasteiger partial charge in [0, 0.05) is 17.7 Å². The van der Waals surface area contributed by atoms with E-state index < -0.39 is 21.0 Å². The van der Waals surface area contributed by atoms with Crippen molar-refractivity contribution in [3.8, 4) is 0 Å². The van der Waals surface area contributed by atoms with Crippen LogP contribution in [0.3, 0.4) is 0 Å². The molecule has 4 N–H and O–H groups in total. The van der Waals surface area contributed by atoms with Crippen molar-refractivity contribution in [2.75, 3.05) is 0 Å². The first-order valence-corrected chi connectivity index (χ1v) is 11.1. The zero-order valence-corrected chi connectivity index (χ0v) is 22.0. The first kappa shape index (κ1) is 30.7. The molecular formula is C25H28ClN5O6. The van der Waals surface area contributed by atoms with Gasteiger partial charge in [-0.15, -0.1) is 0 Å². The predicted octanol–water partition coefficient (Wildman–Crippen LogP) is 5.45. The molecule has 0 fully saturated rings. The van der Waals surface area contributed by atoms with Crippen molar-refractivity contribution in [3.05, 3.63) is 89.0 Å². The molecular weight excluding hydrogens is 502 g/mol. The molecule has 11 nitrogen and oxygen atoms in total. The van der Waals surface area contributed by atoms with Crippen LogP contribution >= 0.6 is 11.6 Å². The van der Waals surface area contributed by atoms with E-state index in [1.165, 1.54) is 12.1 Å². The number of carbonyl (C=O) groups is 2. The highest BCUT2D eigenvalue weighted by atomic mass is 35.5. The molecule has 0 radical (unpaired) electrons. The molecule has 2 aromatic rings. The lowest BCUT2D eigenvalue weighted by Crippen LogP contribution is -2.24. The Morgan fingerprint density at radius 1 is 0.811 bits per heavy atom. The second-order valence-electron chi connectivity index (χ2n) is 8.53. The van der Waals surface area contributed by atoms with Crippen LogP contribution in [0.1, 0.15) is 70.7 Å². The summed E-state index contributed by atoms with van der Waals surface area (Å²) in [6.45, 7) is 10.7.